The molecule has 5 heteroatoms. The Morgan fingerprint density at radius 2 is 1.75 bits per heavy atom. The highest BCUT2D eigenvalue weighted by Gasteiger charge is 2.12. The summed E-state index contributed by atoms with van der Waals surface area (Å²) in [6.07, 6.45) is 0. The van der Waals surface area contributed by atoms with Crippen molar-refractivity contribution in [3.8, 4) is 11.5 Å². The van der Waals surface area contributed by atoms with E-state index in [-0.39, 0.29) is 0 Å². The van der Waals surface area contributed by atoms with Crippen LogP contribution in [0.25, 0.3) is 0 Å². The third-order valence-electron chi connectivity index (χ3n) is 2.73. The summed E-state index contributed by atoms with van der Waals surface area (Å²) in [6, 6.07) is 10.5. The van der Waals surface area contributed by atoms with Crippen LogP contribution < -0.4 is 9.47 Å². The summed E-state index contributed by atoms with van der Waals surface area (Å²) in [5.74, 6) is 0.810. The summed E-state index contributed by atoms with van der Waals surface area (Å²) in [5.41, 5.74) is 1.35. The van der Waals surface area contributed by atoms with Gasteiger partial charge in [-0.2, -0.15) is 0 Å². The molecule has 2 rings (SSSR count). The van der Waals surface area contributed by atoms with Crippen LogP contribution in [0.2, 0.25) is 0 Å². The molecule has 0 N–H and O–H groups in total. The van der Waals surface area contributed by atoms with E-state index >= 15 is 0 Å². The number of hydrogen-bond donors (Lipinski definition) is 0. The quantitative estimate of drug-likeness (QED) is 0.551. The van der Waals surface area contributed by atoms with Crippen molar-refractivity contribution in [1.82, 2.24) is 0 Å². The first-order valence-electron chi connectivity index (χ1n) is 5.83. The zero-order chi connectivity index (χ0) is 14.7. The van der Waals surface area contributed by atoms with Crippen molar-refractivity contribution in [1.29, 1.82) is 0 Å². The van der Waals surface area contributed by atoms with Gasteiger partial charge in [0.2, 0.25) is 0 Å². The third kappa shape index (κ3) is 3.41. The van der Waals surface area contributed by atoms with E-state index in [2.05, 4.69) is 31.9 Å². The number of ether oxygens (including phenoxy) is 2. The van der Waals surface area contributed by atoms with Crippen molar-refractivity contribution in [3.63, 3.8) is 0 Å². The van der Waals surface area contributed by atoms with E-state index in [4.69, 9.17) is 9.47 Å². The zero-order valence-corrected chi connectivity index (χ0v) is 14.1. The number of esters is 1. The number of rotatable bonds is 3. The third-order valence-corrected chi connectivity index (χ3v) is 3.84. The molecule has 0 aromatic heterocycles. The first-order valence-corrected chi connectivity index (χ1v) is 7.41. The average molecular weight is 400 g/mol. The van der Waals surface area contributed by atoms with Crippen molar-refractivity contribution >= 4 is 37.8 Å². The Bertz CT molecular complexity index is 654. The number of carbonyl (C=O) groups is 1. The van der Waals surface area contributed by atoms with Crippen LogP contribution in [0.1, 0.15) is 15.9 Å². The summed E-state index contributed by atoms with van der Waals surface area (Å²) >= 11 is 6.72. The maximum Gasteiger partial charge on any atom is 0.343 e. The molecule has 0 spiro atoms. The van der Waals surface area contributed by atoms with Gasteiger partial charge in [0.25, 0.3) is 0 Å². The van der Waals surface area contributed by atoms with Crippen LogP contribution in [-0.2, 0) is 0 Å². The fourth-order valence-corrected chi connectivity index (χ4v) is 2.70. The summed E-state index contributed by atoms with van der Waals surface area (Å²) < 4.78 is 12.2. The van der Waals surface area contributed by atoms with Crippen LogP contribution in [0, 0.1) is 6.92 Å². The smallest absolute Gasteiger partial charge is 0.343 e. The fourth-order valence-electron chi connectivity index (χ4n) is 1.68. The first-order chi connectivity index (χ1) is 9.51. The van der Waals surface area contributed by atoms with Gasteiger partial charge in [0.05, 0.1) is 17.1 Å². The molecule has 0 aliphatic rings. The number of aryl methyl sites for hydroxylation is 1. The van der Waals surface area contributed by atoms with Crippen LogP contribution in [0.3, 0.4) is 0 Å². The van der Waals surface area contributed by atoms with E-state index in [1.165, 1.54) is 0 Å². The molecule has 0 fully saturated rings. The van der Waals surface area contributed by atoms with Crippen LogP contribution in [0.4, 0.5) is 0 Å². The van der Waals surface area contributed by atoms with Gasteiger partial charge in [0, 0.05) is 4.47 Å². The molecule has 0 amide bonds. The van der Waals surface area contributed by atoms with Gasteiger partial charge in [-0.25, -0.2) is 4.79 Å². The predicted molar refractivity (Wildman–Crippen MR) is 84.5 cm³/mol. The maximum atomic E-state index is 12.1. The second-order valence-electron chi connectivity index (χ2n) is 4.15. The molecule has 0 aliphatic carbocycles. The number of methoxy groups -OCH3 is 1. The molecule has 2 aromatic carbocycles. The maximum absolute atomic E-state index is 12.1. The fraction of sp³-hybridized carbons (Fsp3) is 0.133. The Balaban J connectivity index is 2.21. The molecule has 2 aromatic rings. The first kappa shape index (κ1) is 15.1. The van der Waals surface area contributed by atoms with E-state index in [0.717, 1.165) is 10.0 Å². The van der Waals surface area contributed by atoms with E-state index < -0.39 is 5.97 Å². The van der Waals surface area contributed by atoms with Crippen molar-refractivity contribution in [2.45, 2.75) is 6.92 Å². The number of carbonyl (C=O) groups excluding carboxylic acids is 1. The molecule has 0 radical (unpaired) electrons. The minimum atomic E-state index is -0.404. The average Bonchev–Trinajstić information content (AvgIpc) is 2.41. The normalized spacial score (nSPS) is 10.2. The summed E-state index contributed by atoms with van der Waals surface area (Å²) in [5, 5.41) is 0. The lowest BCUT2D eigenvalue weighted by molar-refractivity contribution is 0.0733. The van der Waals surface area contributed by atoms with Gasteiger partial charge < -0.3 is 9.47 Å². The molecular weight excluding hydrogens is 388 g/mol. The van der Waals surface area contributed by atoms with E-state index in [0.29, 0.717) is 21.5 Å². The standard InChI is InChI=1S/C15H12Br2O3/c1-9-7-11(16)4-6-13(9)20-15(18)10-3-5-14(19-2)12(17)8-10/h3-8H,1-2H3. The lowest BCUT2D eigenvalue weighted by atomic mass is 10.2. The molecule has 20 heavy (non-hydrogen) atoms. The Kier molecular flexibility index (Phi) is 4.83. The summed E-state index contributed by atoms with van der Waals surface area (Å²) in [6.45, 7) is 1.89. The van der Waals surface area contributed by atoms with Gasteiger partial charge in [-0.15, -0.1) is 0 Å². The van der Waals surface area contributed by atoms with Gasteiger partial charge in [0.1, 0.15) is 11.5 Å². The molecule has 0 heterocycles. The van der Waals surface area contributed by atoms with Gasteiger partial charge >= 0.3 is 5.97 Å². The van der Waals surface area contributed by atoms with Gasteiger partial charge in [0.15, 0.2) is 0 Å². The summed E-state index contributed by atoms with van der Waals surface area (Å²) in [4.78, 5) is 12.1. The molecule has 0 bridgehead atoms. The molecule has 0 saturated carbocycles. The molecule has 0 aliphatic heterocycles. The van der Waals surface area contributed by atoms with E-state index in [9.17, 15) is 4.79 Å². The molecule has 104 valence electrons. The van der Waals surface area contributed by atoms with Crippen LogP contribution in [0.15, 0.2) is 45.3 Å². The number of halogens is 2. The molecule has 0 saturated heterocycles. The Labute approximate surface area is 134 Å². The van der Waals surface area contributed by atoms with Gasteiger partial charge in [-0.3, -0.25) is 0 Å². The monoisotopic (exact) mass is 398 g/mol. The van der Waals surface area contributed by atoms with Gasteiger partial charge in [-0.05, 0) is 64.8 Å². The highest BCUT2D eigenvalue weighted by molar-refractivity contribution is 9.10. The molecular formula is C15H12Br2O3. The van der Waals surface area contributed by atoms with Gasteiger partial charge in [-0.1, -0.05) is 15.9 Å². The van der Waals surface area contributed by atoms with Crippen LogP contribution in [-0.4, -0.2) is 13.1 Å². The van der Waals surface area contributed by atoms with Crippen molar-refractivity contribution in [2.75, 3.05) is 7.11 Å². The van der Waals surface area contributed by atoms with Crippen LogP contribution >= 0.6 is 31.9 Å². The Morgan fingerprint density at radius 1 is 1.05 bits per heavy atom. The topological polar surface area (TPSA) is 35.5 Å². The SMILES string of the molecule is COc1ccc(C(=O)Oc2ccc(Br)cc2C)cc1Br. The lowest BCUT2D eigenvalue weighted by Gasteiger charge is -2.09. The zero-order valence-electron chi connectivity index (χ0n) is 10.9. The minimum absolute atomic E-state index is 0.404. The molecule has 0 unspecified atom stereocenters. The largest absolute Gasteiger partial charge is 0.496 e. The molecule has 0 atom stereocenters. The number of benzene rings is 2. The van der Waals surface area contributed by atoms with E-state index in [1.54, 1.807) is 31.4 Å². The molecule has 3 nitrogen and oxygen atoms in total. The summed E-state index contributed by atoms with van der Waals surface area (Å²) in [7, 11) is 1.57. The highest BCUT2D eigenvalue weighted by atomic mass is 79.9. The second kappa shape index (κ2) is 6.41. The van der Waals surface area contributed by atoms with Crippen molar-refractivity contribution < 1.29 is 14.3 Å². The van der Waals surface area contributed by atoms with Crippen LogP contribution in [0.5, 0.6) is 11.5 Å². The van der Waals surface area contributed by atoms with Crippen molar-refractivity contribution in [3.05, 3.63) is 56.5 Å². The lowest BCUT2D eigenvalue weighted by Crippen LogP contribution is -2.09. The highest BCUT2D eigenvalue weighted by Crippen LogP contribution is 2.27. The second-order valence-corrected chi connectivity index (χ2v) is 5.92. The predicted octanol–water partition coefficient (Wildman–Crippen LogP) is 4.75. The minimum Gasteiger partial charge on any atom is -0.496 e. The Morgan fingerprint density at radius 3 is 2.35 bits per heavy atom. The van der Waals surface area contributed by atoms with Crippen molar-refractivity contribution in [2.24, 2.45) is 0 Å². The Hall–Kier alpha value is -1.33. The number of hydrogen-bond acceptors (Lipinski definition) is 3. The van der Waals surface area contributed by atoms with E-state index in [1.807, 2.05) is 19.1 Å².